The second kappa shape index (κ2) is 12.3. The van der Waals surface area contributed by atoms with Crippen LogP contribution in [0.1, 0.15) is 0 Å². The second-order valence-electron chi connectivity index (χ2n) is 14.3. The predicted molar refractivity (Wildman–Crippen MR) is 219 cm³/mol. The first-order valence-electron chi connectivity index (χ1n) is 17.6. The molecule has 0 N–H and O–H groups in total. The zero-order chi connectivity index (χ0) is 34.5. The standard InChI is InChI=1S/C47H38N2OSi/c1-51(2,3)41-30-28-38(29-31-41)48(37-24-20-34(21-25-37)33-12-5-4-6-13-33)40-15-11-14-36(32-40)35-22-26-39(27-23-35)49-44-18-9-7-16-42(44)47-46(49)43-17-8-10-19-45(43)50-47/h4-32H,1-3H3. The molecule has 2 heterocycles. The van der Waals surface area contributed by atoms with E-state index in [0.29, 0.717) is 0 Å². The Kier molecular flexibility index (Phi) is 7.48. The molecule has 0 radical (unpaired) electrons. The molecule has 0 atom stereocenters. The zero-order valence-electron chi connectivity index (χ0n) is 29.0. The summed E-state index contributed by atoms with van der Waals surface area (Å²) in [6, 6.07) is 63.3. The molecule has 0 fully saturated rings. The smallest absolute Gasteiger partial charge is 0.161 e. The van der Waals surface area contributed by atoms with Crippen LogP contribution in [0.3, 0.4) is 0 Å². The molecule has 4 heteroatoms. The maximum atomic E-state index is 6.40. The van der Waals surface area contributed by atoms with Gasteiger partial charge in [0.05, 0.1) is 13.6 Å². The van der Waals surface area contributed by atoms with Gasteiger partial charge in [0.25, 0.3) is 0 Å². The molecule has 0 spiro atoms. The first-order valence-corrected chi connectivity index (χ1v) is 21.1. The second-order valence-corrected chi connectivity index (χ2v) is 19.3. The summed E-state index contributed by atoms with van der Waals surface area (Å²) >= 11 is 0. The summed E-state index contributed by atoms with van der Waals surface area (Å²) in [6.45, 7) is 7.20. The van der Waals surface area contributed by atoms with E-state index in [1.807, 2.05) is 12.1 Å². The predicted octanol–water partition coefficient (Wildman–Crippen LogP) is 12.9. The summed E-state index contributed by atoms with van der Waals surface area (Å²) in [5, 5.41) is 3.70. The Bertz CT molecular complexity index is 2640. The molecular formula is C47H38N2OSi. The molecule has 0 aliphatic heterocycles. The number of hydrogen-bond acceptors (Lipinski definition) is 2. The first kappa shape index (κ1) is 30.9. The van der Waals surface area contributed by atoms with Gasteiger partial charge in [-0.15, -0.1) is 0 Å². The third-order valence-electron chi connectivity index (χ3n) is 9.97. The molecule has 51 heavy (non-hydrogen) atoms. The van der Waals surface area contributed by atoms with Crippen molar-refractivity contribution < 1.29 is 4.42 Å². The van der Waals surface area contributed by atoms with E-state index in [0.717, 1.165) is 55.7 Å². The lowest BCUT2D eigenvalue weighted by atomic mass is 10.0. The van der Waals surface area contributed by atoms with Gasteiger partial charge in [0, 0.05) is 33.5 Å². The van der Waals surface area contributed by atoms with Gasteiger partial charge in [-0.1, -0.05) is 128 Å². The van der Waals surface area contributed by atoms with Crippen LogP contribution < -0.4 is 10.1 Å². The third-order valence-corrected chi connectivity index (χ3v) is 12.0. The fraction of sp³-hybridized carbons (Fsp3) is 0.0638. The number of aromatic nitrogens is 1. The Labute approximate surface area is 299 Å². The van der Waals surface area contributed by atoms with Gasteiger partial charge in [0.15, 0.2) is 5.58 Å². The summed E-state index contributed by atoms with van der Waals surface area (Å²) in [4.78, 5) is 2.37. The highest BCUT2D eigenvalue weighted by Crippen LogP contribution is 2.40. The molecule has 0 saturated heterocycles. The minimum Gasteiger partial charge on any atom is -0.454 e. The van der Waals surface area contributed by atoms with E-state index in [4.69, 9.17) is 4.42 Å². The molecular weight excluding hydrogens is 637 g/mol. The van der Waals surface area contributed by atoms with Crippen molar-refractivity contribution in [2.45, 2.75) is 19.6 Å². The number of anilines is 3. The Morgan fingerprint density at radius 3 is 1.76 bits per heavy atom. The van der Waals surface area contributed by atoms with Gasteiger partial charge >= 0.3 is 0 Å². The van der Waals surface area contributed by atoms with Gasteiger partial charge < -0.3 is 13.9 Å². The van der Waals surface area contributed by atoms with E-state index in [2.05, 4.69) is 193 Å². The van der Waals surface area contributed by atoms with Crippen LogP contribution >= 0.6 is 0 Å². The monoisotopic (exact) mass is 674 g/mol. The van der Waals surface area contributed by atoms with Crippen molar-refractivity contribution in [3.8, 4) is 27.9 Å². The molecule has 0 bridgehead atoms. The van der Waals surface area contributed by atoms with Crippen molar-refractivity contribution in [3.05, 3.63) is 176 Å². The van der Waals surface area contributed by atoms with Crippen LogP contribution in [0.4, 0.5) is 17.1 Å². The van der Waals surface area contributed by atoms with Crippen molar-refractivity contribution in [3.63, 3.8) is 0 Å². The van der Waals surface area contributed by atoms with Crippen LogP contribution in [0.15, 0.2) is 180 Å². The minimum absolute atomic E-state index is 0.907. The van der Waals surface area contributed by atoms with Crippen LogP contribution in [0.25, 0.3) is 60.9 Å². The largest absolute Gasteiger partial charge is 0.454 e. The Morgan fingerprint density at radius 1 is 0.471 bits per heavy atom. The summed E-state index contributed by atoms with van der Waals surface area (Å²) in [5.74, 6) is 0. The number of furan rings is 1. The molecule has 9 aromatic rings. The highest BCUT2D eigenvalue weighted by Gasteiger charge is 2.20. The van der Waals surface area contributed by atoms with Crippen LogP contribution in [-0.2, 0) is 0 Å². The molecule has 246 valence electrons. The summed E-state index contributed by atoms with van der Waals surface area (Å²) in [7, 11) is -1.44. The van der Waals surface area contributed by atoms with Crippen molar-refractivity contribution in [2.24, 2.45) is 0 Å². The van der Waals surface area contributed by atoms with E-state index in [-0.39, 0.29) is 0 Å². The highest BCUT2D eigenvalue weighted by atomic mass is 28.3. The molecule has 0 aliphatic carbocycles. The maximum absolute atomic E-state index is 6.40. The zero-order valence-corrected chi connectivity index (χ0v) is 30.0. The lowest BCUT2D eigenvalue weighted by Crippen LogP contribution is -2.37. The SMILES string of the molecule is C[Si](C)(C)c1ccc(N(c2ccc(-c3ccccc3)cc2)c2cccc(-c3ccc(-n4c5ccccc5c5oc6ccccc6c54)cc3)c2)cc1. The van der Waals surface area contributed by atoms with E-state index in [9.17, 15) is 0 Å². The Balaban J connectivity index is 1.11. The lowest BCUT2D eigenvalue weighted by molar-refractivity contribution is 0.673. The van der Waals surface area contributed by atoms with Crippen LogP contribution in [0, 0.1) is 0 Å². The Hall–Kier alpha value is -6.10. The summed E-state index contributed by atoms with van der Waals surface area (Å²) in [5.41, 5.74) is 13.3. The fourth-order valence-corrected chi connectivity index (χ4v) is 8.47. The van der Waals surface area contributed by atoms with Crippen molar-refractivity contribution in [2.75, 3.05) is 4.90 Å². The van der Waals surface area contributed by atoms with Gasteiger partial charge in [-0.25, -0.2) is 0 Å². The average molecular weight is 675 g/mol. The van der Waals surface area contributed by atoms with Crippen molar-refractivity contribution in [1.29, 1.82) is 0 Å². The highest BCUT2D eigenvalue weighted by molar-refractivity contribution is 6.88. The number of nitrogens with zero attached hydrogens (tertiary/aromatic N) is 2. The first-order chi connectivity index (χ1) is 24.9. The molecule has 0 saturated carbocycles. The summed E-state index contributed by atoms with van der Waals surface area (Å²) < 4.78 is 8.73. The van der Waals surface area contributed by atoms with Crippen LogP contribution in [-0.4, -0.2) is 12.6 Å². The van der Waals surface area contributed by atoms with Gasteiger partial charge in [-0.05, 0) is 95.1 Å². The molecule has 7 aromatic carbocycles. The van der Waals surface area contributed by atoms with E-state index < -0.39 is 8.07 Å². The van der Waals surface area contributed by atoms with Crippen molar-refractivity contribution in [1.82, 2.24) is 4.57 Å². The normalized spacial score (nSPS) is 11.8. The number of para-hydroxylation sites is 2. The fourth-order valence-electron chi connectivity index (χ4n) is 7.30. The summed E-state index contributed by atoms with van der Waals surface area (Å²) in [6.07, 6.45) is 0. The number of fused-ring (bicyclic) bond motifs is 5. The minimum atomic E-state index is -1.44. The average Bonchev–Trinajstić information content (AvgIpc) is 3.71. The van der Waals surface area contributed by atoms with Gasteiger partial charge in [-0.2, -0.15) is 0 Å². The van der Waals surface area contributed by atoms with E-state index in [1.165, 1.54) is 27.4 Å². The molecule has 0 amide bonds. The van der Waals surface area contributed by atoms with E-state index >= 15 is 0 Å². The molecule has 0 aliphatic rings. The number of hydrogen-bond donors (Lipinski definition) is 0. The van der Waals surface area contributed by atoms with Crippen LogP contribution in [0.5, 0.6) is 0 Å². The third kappa shape index (κ3) is 5.54. The molecule has 0 unspecified atom stereocenters. The number of benzene rings is 7. The molecule has 3 nitrogen and oxygen atoms in total. The number of rotatable bonds is 7. The van der Waals surface area contributed by atoms with Gasteiger partial charge in [-0.3, -0.25) is 0 Å². The van der Waals surface area contributed by atoms with Gasteiger partial charge in [0.2, 0.25) is 0 Å². The maximum Gasteiger partial charge on any atom is 0.161 e. The molecule has 2 aromatic heterocycles. The molecule has 9 rings (SSSR count). The topological polar surface area (TPSA) is 21.3 Å². The van der Waals surface area contributed by atoms with Crippen molar-refractivity contribution >= 4 is 63.3 Å². The Morgan fingerprint density at radius 2 is 1.04 bits per heavy atom. The van der Waals surface area contributed by atoms with Crippen LogP contribution in [0.2, 0.25) is 19.6 Å². The van der Waals surface area contributed by atoms with Gasteiger partial charge in [0.1, 0.15) is 11.1 Å². The van der Waals surface area contributed by atoms with E-state index in [1.54, 1.807) is 0 Å². The quantitative estimate of drug-likeness (QED) is 0.157. The lowest BCUT2D eigenvalue weighted by Gasteiger charge is -2.27.